The highest BCUT2D eigenvalue weighted by Gasteiger charge is 2.41. The number of hydrogen-bond acceptors (Lipinski definition) is 6. The second kappa shape index (κ2) is 6.70. The summed E-state index contributed by atoms with van der Waals surface area (Å²) in [6.07, 6.45) is 1.99. The van der Waals surface area contributed by atoms with Crippen LogP contribution >= 0.6 is 0 Å². The Morgan fingerprint density at radius 2 is 1.81 bits per heavy atom. The van der Waals surface area contributed by atoms with Gasteiger partial charge in [0, 0.05) is 58.9 Å². The van der Waals surface area contributed by atoms with Crippen molar-refractivity contribution in [3.05, 3.63) is 12.3 Å². The third-order valence-corrected chi connectivity index (χ3v) is 6.09. The number of rotatable bonds is 2. The zero-order valence-electron chi connectivity index (χ0n) is 16.4. The first-order valence-corrected chi connectivity index (χ1v) is 9.67. The molecule has 3 aliphatic heterocycles. The van der Waals surface area contributed by atoms with Gasteiger partial charge < -0.3 is 19.6 Å². The van der Waals surface area contributed by atoms with Crippen molar-refractivity contribution in [3.63, 3.8) is 0 Å². The molecule has 7 nitrogen and oxygen atoms in total. The van der Waals surface area contributed by atoms with Crippen molar-refractivity contribution >= 4 is 23.1 Å². The molecule has 0 aromatic carbocycles. The van der Waals surface area contributed by atoms with Crippen molar-refractivity contribution in [2.24, 2.45) is 0 Å². The molecule has 1 aromatic rings. The van der Waals surface area contributed by atoms with E-state index in [1.54, 1.807) is 0 Å². The third-order valence-electron chi connectivity index (χ3n) is 6.09. The first-order valence-electron chi connectivity index (χ1n) is 9.67. The summed E-state index contributed by atoms with van der Waals surface area (Å²) in [5, 5.41) is 0. The van der Waals surface area contributed by atoms with Crippen molar-refractivity contribution < 1.29 is 4.79 Å². The Hall–Kier alpha value is -1.86. The van der Waals surface area contributed by atoms with Gasteiger partial charge >= 0.3 is 0 Å². The number of nitrogens with zero attached hydrogens (tertiary/aromatic N) is 6. The van der Waals surface area contributed by atoms with Crippen LogP contribution in [0.3, 0.4) is 0 Å². The van der Waals surface area contributed by atoms with E-state index in [0.29, 0.717) is 6.04 Å². The summed E-state index contributed by atoms with van der Waals surface area (Å²) < 4.78 is 0. The molecule has 1 atom stereocenters. The topological polar surface area (TPSA) is 46.2 Å². The number of pyridine rings is 1. The Morgan fingerprint density at radius 1 is 1.08 bits per heavy atom. The molecule has 0 radical (unpaired) electrons. The minimum absolute atomic E-state index is 0.120. The van der Waals surface area contributed by atoms with Crippen LogP contribution in [0.15, 0.2) is 12.3 Å². The summed E-state index contributed by atoms with van der Waals surface area (Å²) in [5.41, 5.74) is 2.07. The maximum absolute atomic E-state index is 13.0. The molecule has 3 aliphatic rings. The van der Waals surface area contributed by atoms with Gasteiger partial charge in [-0.15, -0.1) is 0 Å². The molecule has 0 saturated carbocycles. The zero-order valence-corrected chi connectivity index (χ0v) is 16.4. The summed E-state index contributed by atoms with van der Waals surface area (Å²) >= 11 is 0. The largest absolute Gasteiger partial charge is 0.368 e. The second-order valence-electron chi connectivity index (χ2n) is 8.02. The van der Waals surface area contributed by atoms with Gasteiger partial charge in [0.2, 0.25) is 0 Å². The zero-order chi connectivity index (χ0) is 18.4. The lowest BCUT2D eigenvalue weighted by atomic mass is 10.0. The van der Waals surface area contributed by atoms with Crippen molar-refractivity contribution in [1.82, 2.24) is 14.8 Å². The molecule has 2 fully saturated rings. The lowest BCUT2D eigenvalue weighted by Gasteiger charge is -2.47. The van der Waals surface area contributed by atoms with E-state index in [4.69, 9.17) is 4.98 Å². The Labute approximate surface area is 156 Å². The summed E-state index contributed by atoms with van der Waals surface area (Å²) in [6.45, 7) is 11.1. The molecule has 4 rings (SSSR count). The van der Waals surface area contributed by atoms with Crippen LogP contribution in [0, 0.1) is 0 Å². The molecular weight excluding hydrogens is 328 g/mol. The molecule has 2 saturated heterocycles. The highest BCUT2D eigenvalue weighted by molar-refractivity contribution is 6.05. The summed E-state index contributed by atoms with van der Waals surface area (Å²) in [5.74, 6) is 1.14. The van der Waals surface area contributed by atoms with Crippen LogP contribution in [0.1, 0.15) is 13.8 Å². The predicted octanol–water partition coefficient (Wildman–Crippen LogP) is 0.709. The Morgan fingerprint density at radius 3 is 2.50 bits per heavy atom. The maximum Gasteiger partial charge on any atom is 0.250 e. The van der Waals surface area contributed by atoms with Gasteiger partial charge in [0.05, 0.1) is 17.6 Å². The van der Waals surface area contributed by atoms with Crippen LogP contribution in [0.5, 0.6) is 0 Å². The average molecular weight is 358 g/mol. The minimum Gasteiger partial charge on any atom is -0.368 e. The minimum atomic E-state index is -0.120. The van der Waals surface area contributed by atoms with Crippen molar-refractivity contribution in [3.8, 4) is 0 Å². The first kappa shape index (κ1) is 17.5. The van der Waals surface area contributed by atoms with Crippen LogP contribution in [0.2, 0.25) is 0 Å². The molecule has 0 unspecified atom stereocenters. The molecule has 26 heavy (non-hydrogen) atoms. The predicted molar refractivity (Wildman–Crippen MR) is 105 cm³/mol. The molecule has 7 heteroatoms. The summed E-state index contributed by atoms with van der Waals surface area (Å²) in [7, 11) is 4.05. The van der Waals surface area contributed by atoms with E-state index >= 15 is 0 Å². The summed E-state index contributed by atoms with van der Waals surface area (Å²) in [6, 6.07) is 2.49. The van der Waals surface area contributed by atoms with E-state index in [1.807, 2.05) is 18.1 Å². The van der Waals surface area contributed by atoms with Crippen LogP contribution in [-0.2, 0) is 4.79 Å². The highest BCUT2D eigenvalue weighted by Crippen LogP contribution is 2.37. The van der Waals surface area contributed by atoms with Gasteiger partial charge in [0.15, 0.2) is 5.82 Å². The summed E-state index contributed by atoms with van der Waals surface area (Å²) in [4.78, 5) is 29.0. The fourth-order valence-corrected chi connectivity index (χ4v) is 4.22. The first-order chi connectivity index (χ1) is 12.5. The Bertz CT molecular complexity index is 685. The Kier molecular flexibility index (Phi) is 4.52. The molecule has 1 amide bonds. The van der Waals surface area contributed by atoms with E-state index in [-0.39, 0.29) is 11.9 Å². The number of carbonyl (C=O) groups is 1. The number of anilines is 3. The number of aromatic nitrogens is 1. The fraction of sp³-hybridized carbons (Fsp3) is 0.684. The van der Waals surface area contributed by atoms with Crippen LogP contribution in [0.25, 0.3) is 0 Å². The van der Waals surface area contributed by atoms with Gasteiger partial charge in [-0.2, -0.15) is 0 Å². The number of hydrogen-bond donors (Lipinski definition) is 0. The number of likely N-dealkylation sites (N-methyl/N-ethyl adjacent to an activating group) is 2. The number of amides is 1. The van der Waals surface area contributed by atoms with Gasteiger partial charge in [0.25, 0.3) is 5.91 Å². The molecule has 0 aliphatic carbocycles. The van der Waals surface area contributed by atoms with E-state index in [0.717, 1.165) is 63.0 Å². The lowest BCUT2D eigenvalue weighted by molar-refractivity contribution is -0.121. The third kappa shape index (κ3) is 2.93. The van der Waals surface area contributed by atoms with E-state index in [9.17, 15) is 4.79 Å². The van der Waals surface area contributed by atoms with Crippen LogP contribution in [-0.4, -0.2) is 92.7 Å². The number of fused-ring (bicyclic) bond motifs is 3. The number of piperazine rings is 2. The lowest BCUT2D eigenvalue weighted by Crippen LogP contribution is -2.63. The molecule has 142 valence electrons. The fourth-order valence-electron chi connectivity index (χ4n) is 4.22. The van der Waals surface area contributed by atoms with E-state index < -0.39 is 0 Å². The van der Waals surface area contributed by atoms with Crippen molar-refractivity contribution in [2.45, 2.75) is 25.9 Å². The van der Waals surface area contributed by atoms with Crippen LogP contribution in [0.4, 0.5) is 17.2 Å². The normalized spacial score (nSPS) is 24.9. The van der Waals surface area contributed by atoms with E-state index in [2.05, 4.69) is 46.6 Å². The number of carbonyl (C=O) groups excluding carboxylic acids is 1. The Balaban J connectivity index is 1.62. The van der Waals surface area contributed by atoms with Gasteiger partial charge in [-0.25, -0.2) is 4.98 Å². The standard InChI is InChI=1S/C19H30N6O/c1-14(2)24-9-10-25-17(13-24)19(26)22(4)16-11-15(12-20-18(16)25)23-7-5-21(3)6-8-23/h11-12,14,17H,5-10,13H2,1-4H3/t17-/m1/s1. The van der Waals surface area contributed by atoms with Gasteiger partial charge in [-0.3, -0.25) is 9.69 Å². The van der Waals surface area contributed by atoms with Gasteiger partial charge in [-0.1, -0.05) is 0 Å². The molecule has 4 heterocycles. The van der Waals surface area contributed by atoms with Crippen LogP contribution < -0.4 is 14.7 Å². The molecule has 1 aromatic heterocycles. The molecule has 0 bridgehead atoms. The van der Waals surface area contributed by atoms with Gasteiger partial charge in [0.1, 0.15) is 6.04 Å². The maximum atomic E-state index is 13.0. The van der Waals surface area contributed by atoms with Gasteiger partial charge in [-0.05, 0) is 27.0 Å². The molecular formula is C19H30N6O. The SMILES string of the molecule is CC(C)N1CCN2c3ncc(N4CCN(C)CC4)cc3N(C)C(=O)[C@H]2C1. The smallest absolute Gasteiger partial charge is 0.250 e. The average Bonchev–Trinajstić information content (AvgIpc) is 2.66. The molecule has 0 N–H and O–H groups in total. The molecule has 0 spiro atoms. The van der Waals surface area contributed by atoms with Crippen molar-refractivity contribution in [2.75, 3.05) is 74.6 Å². The van der Waals surface area contributed by atoms with Crippen molar-refractivity contribution in [1.29, 1.82) is 0 Å². The van der Waals surface area contributed by atoms with E-state index in [1.165, 1.54) is 0 Å². The second-order valence-corrected chi connectivity index (χ2v) is 8.02. The monoisotopic (exact) mass is 358 g/mol. The highest BCUT2D eigenvalue weighted by atomic mass is 16.2. The quantitative estimate of drug-likeness (QED) is 0.776.